The van der Waals surface area contributed by atoms with E-state index in [2.05, 4.69) is 9.88 Å². The lowest BCUT2D eigenvalue weighted by Gasteiger charge is -2.41. The third-order valence-corrected chi connectivity index (χ3v) is 8.86. The van der Waals surface area contributed by atoms with Crippen LogP contribution in [0.15, 0.2) is 47.5 Å². The molecule has 1 atom stereocenters. The maximum absolute atomic E-state index is 13.8. The number of aromatic nitrogens is 1. The van der Waals surface area contributed by atoms with E-state index in [9.17, 15) is 19.0 Å². The molecule has 2 aromatic carbocycles. The van der Waals surface area contributed by atoms with Crippen molar-refractivity contribution in [2.45, 2.75) is 43.1 Å². The van der Waals surface area contributed by atoms with Crippen molar-refractivity contribution in [3.05, 3.63) is 64.8 Å². The van der Waals surface area contributed by atoms with Gasteiger partial charge in [0.15, 0.2) is 0 Å². The van der Waals surface area contributed by atoms with E-state index in [0.29, 0.717) is 34.9 Å². The monoisotopic (exact) mass is 550 g/mol. The molecule has 2 heterocycles. The van der Waals surface area contributed by atoms with Crippen molar-refractivity contribution in [3.8, 4) is 5.75 Å². The second kappa shape index (κ2) is 12.7. The highest BCUT2D eigenvalue weighted by Crippen LogP contribution is 2.40. The Hall–Kier alpha value is -1.97. The van der Waals surface area contributed by atoms with Gasteiger partial charge in [-0.25, -0.2) is 8.78 Å². The van der Waals surface area contributed by atoms with E-state index in [1.807, 2.05) is 18.2 Å². The molecule has 4 rings (SSSR count). The summed E-state index contributed by atoms with van der Waals surface area (Å²) < 4.78 is 32.9. The van der Waals surface area contributed by atoms with Gasteiger partial charge >= 0.3 is 0 Å². The first-order valence-corrected chi connectivity index (χ1v) is 13.9. The lowest BCUT2D eigenvalue weighted by Crippen LogP contribution is -2.42. The average Bonchev–Trinajstić information content (AvgIpc) is 2.91. The molecule has 3 aromatic rings. The van der Waals surface area contributed by atoms with Crippen LogP contribution >= 0.6 is 23.4 Å². The van der Waals surface area contributed by atoms with E-state index in [1.165, 1.54) is 30.0 Å². The zero-order valence-electron chi connectivity index (χ0n) is 20.9. The van der Waals surface area contributed by atoms with Crippen LogP contribution in [0.25, 0.3) is 10.9 Å². The Morgan fingerprint density at radius 3 is 2.59 bits per heavy atom. The van der Waals surface area contributed by atoms with Crippen molar-refractivity contribution in [2.75, 3.05) is 39.1 Å². The molecule has 2 N–H and O–H groups in total. The van der Waals surface area contributed by atoms with Crippen LogP contribution in [0.5, 0.6) is 5.75 Å². The summed E-state index contributed by atoms with van der Waals surface area (Å²) in [5.74, 6) is 0.273. The van der Waals surface area contributed by atoms with Crippen molar-refractivity contribution in [1.29, 1.82) is 0 Å². The first-order chi connectivity index (χ1) is 17.9. The lowest BCUT2D eigenvalue weighted by molar-refractivity contribution is 0.0238. The molecule has 200 valence electrons. The van der Waals surface area contributed by atoms with Crippen LogP contribution in [0, 0.1) is 17.0 Å². The molecular weight excluding hydrogens is 518 g/mol. The van der Waals surface area contributed by atoms with Crippen molar-refractivity contribution < 1.29 is 23.7 Å². The Balaban J connectivity index is 1.30. The molecule has 1 saturated heterocycles. The predicted molar refractivity (Wildman–Crippen MR) is 144 cm³/mol. The number of rotatable bonds is 11. The summed E-state index contributed by atoms with van der Waals surface area (Å²) in [6.45, 7) is 2.58. The van der Waals surface area contributed by atoms with Crippen LogP contribution in [-0.2, 0) is 0 Å². The SMILES string of the molecule is COc1ccc2ncc(Cl)c([C@@H](O)CCC3(CO)CCN(CCCSc4c(F)cccc4F)CC3)c2c1. The molecule has 0 spiro atoms. The molecule has 0 saturated carbocycles. The largest absolute Gasteiger partial charge is 0.497 e. The Kier molecular flexibility index (Phi) is 9.64. The molecule has 0 aliphatic carbocycles. The summed E-state index contributed by atoms with van der Waals surface area (Å²) in [6.07, 6.45) is 4.39. The Bertz CT molecular complexity index is 1190. The number of aliphatic hydroxyl groups is 2. The van der Waals surface area contributed by atoms with Gasteiger partial charge in [-0.2, -0.15) is 0 Å². The number of piperidine rings is 1. The number of methoxy groups -OCH3 is 1. The summed E-state index contributed by atoms with van der Waals surface area (Å²) in [6, 6.07) is 9.44. The highest BCUT2D eigenvalue weighted by Gasteiger charge is 2.34. The molecule has 9 heteroatoms. The van der Waals surface area contributed by atoms with Crippen LogP contribution in [-0.4, -0.2) is 59.2 Å². The van der Waals surface area contributed by atoms with Crippen LogP contribution in [0.3, 0.4) is 0 Å². The van der Waals surface area contributed by atoms with Crippen LogP contribution in [0.4, 0.5) is 8.78 Å². The van der Waals surface area contributed by atoms with Gasteiger partial charge in [-0.15, -0.1) is 11.8 Å². The molecule has 0 radical (unpaired) electrons. The van der Waals surface area contributed by atoms with Crippen LogP contribution < -0.4 is 4.74 Å². The van der Waals surface area contributed by atoms with E-state index < -0.39 is 17.7 Å². The first kappa shape index (κ1) is 28.0. The van der Waals surface area contributed by atoms with E-state index >= 15 is 0 Å². The third kappa shape index (κ3) is 6.73. The highest BCUT2D eigenvalue weighted by atomic mass is 35.5. The fraction of sp³-hybridized carbons (Fsp3) is 0.464. The standard InChI is InChI=1S/C28H33ClF2N2O3S/c1-36-19-6-7-24-20(16-19)26(21(29)17-32-24)25(35)8-9-28(18-34)10-13-33(14-11-28)12-3-15-37-27-22(30)4-2-5-23(27)31/h2,4-7,16-17,25,34-35H,3,8-15,18H2,1H3/t25-/m0/s1. The van der Waals surface area contributed by atoms with Crippen molar-refractivity contribution >= 4 is 34.3 Å². The molecule has 1 fully saturated rings. The minimum absolute atomic E-state index is 0.0641. The zero-order valence-corrected chi connectivity index (χ0v) is 22.5. The molecule has 5 nitrogen and oxygen atoms in total. The minimum Gasteiger partial charge on any atom is -0.497 e. The number of pyridine rings is 1. The normalized spacial score (nSPS) is 16.7. The summed E-state index contributed by atoms with van der Waals surface area (Å²) in [5, 5.41) is 22.6. The highest BCUT2D eigenvalue weighted by molar-refractivity contribution is 7.99. The van der Waals surface area contributed by atoms with Gasteiger partial charge in [-0.05, 0) is 93.2 Å². The minimum atomic E-state index is -0.789. The fourth-order valence-corrected chi connectivity index (χ4v) is 6.21. The van der Waals surface area contributed by atoms with Gasteiger partial charge in [0.25, 0.3) is 0 Å². The van der Waals surface area contributed by atoms with Crippen molar-refractivity contribution in [1.82, 2.24) is 9.88 Å². The number of benzene rings is 2. The van der Waals surface area contributed by atoms with E-state index in [4.69, 9.17) is 16.3 Å². The number of likely N-dealkylation sites (tertiary alicyclic amines) is 1. The van der Waals surface area contributed by atoms with Gasteiger partial charge in [-0.1, -0.05) is 17.7 Å². The second-order valence-electron chi connectivity index (χ2n) is 9.71. The predicted octanol–water partition coefficient (Wildman–Crippen LogP) is 6.25. The molecule has 1 aromatic heterocycles. The number of hydrogen-bond acceptors (Lipinski definition) is 6. The summed E-state index contributed by atoms with van der Waals surface area (Å²) in [4.78, 5) is 6.78. The number of thioether (sulfide) groups is 1. The van der Waals surface area contributed by atoms with Gasteiger partial charge in [-0.3, -0.25) is 4.98 Å². The summed E-state index contributed by atoms with van der Waals surface area (Å²) in [5.41, 5.74) is 1.12. The van der Waals surface area contributed by atoms with Crippen molar-refractivity contribution in [2.24, 2.45) is 5.41 Å². The van der Waals surface area contributed by atoms with E-state index in [0.717, 1.165) is 49.8 Å². The molecule has 1 aliphatic heterocycles. The summed E-state index contributed by atoms with van der Waals surface area (Å²) >= 11 is 7.67. The topological polar surface area (TPSA) is 65.8 Å². The van der Waals surface area contributed by atoms with E-state index in [1.54, 1.807) is 13.3 Å². The number of hydrogen-bond donors (Lipinski definition) is 2. The molecule has 1 aliphatic rings. The molecular formula is C28H33ClF2N2O3S. The van der Waals surface area contributed by atoms with E-state index in [-0.39, 0.29) is 16.9 Å². The van der Waals surface area contributed by atoms with Gasteiger partial charge in [0.1, 0.15) is 17.4 Å². The molecule has 37 heavy (non-hydrogen) atoms. The zero-order chi connectivity index (χ0) is 26.4. The average molecular weight is 551 g/mol. The third-order valence-electron chi connectivity index (χ3n) is 7.39. The molecule has 0 bridgehead atoms. The number of ether oxygens (including phenoxy) is 1. The van der Waals surface area contributed by atoms with Crippen molar-refractivity contribution in [3.63, 3.8) is 0 Å². The number of halogens is 3. The Labute approximate surface area is 225 Å². The molecule has 0 unspecified atom stereocenters. The maximum Gasteiger partial charge on any atom is 0.139 e. The number of aliphatic hydroxyl groups excluding tert-OH is 2. The van der Waals surface area contributed by atoms with Gasteiger partial charge in [0.2, 0.25) is 0 Å². The quantitative estimate of drug-likeness (QED) is 0.217. The summed E-state index contributed by atoms with van der Waals surface area (Å²) in [7, 11) is 1.59. The van der Waals surface area contributed by atoms with Gasteiger partial charge in [0.05, 0.1) is 28.6 Å². The Morgan fingerprint density at radius 2 is 1.92 bits per heavy atom. The van der Waals surface area contributed by atoms with Gasteiger partial charge in [0, 0.05) is 23.8 Å². The molecule has 0 amide bonds. The van der Waals surface area contributed by atoms with Crippen LogP contribution in [0.1, 0.15) is 43.8 Å². The lowest BCUT2D eigenvalue weighted by atomic mass is 9.74. The number of fused-ring (bicyclic) bond motifs is 1. The smallest absolute Gasteiger partial charge is 0.139 e. The maximum atomic E-state index is 13.8. The van der Waals surface area contributed by atoms with Crippen LogP contribution in [0.2, 0.25) is 5.02 Å². The second-order valence-corrected chi connectivity index (χ2v) is 11.2. The fourth-order valence-electron chi connectivity index (χ4n) is 5.04. The Morgan fingerprint density at radius 1 is 1.19 bits per heavy atom. The van der Waals surface area contributed by atoms with Gasteiger partial charge < -0.3 is 19.8 Å². The number of nitrogens with zero attached hydrogens (tertiary/aromatic N) is 2. The first-order valence-electron chi connectivity index (χ1n) is 12.6.